The van der Waals surface area contributed by atoms with E-state index in [4.69, 9.17) is 4.74 Å². The molecule has 0 spiro atoms. The summed E-state index contributed by atoms with van der Waals surface area (Å²) in [4.78, 5) is 26.8. The quantitative estimate of drug-likeness (QED) is 0.869. The van der Waals surface area contributed by atoms with Crippen molar-refractivity contribution in [3.05, 3.63) is 59.7 Å². The van der Waals surface area contributed by atoms with Crippen molar-refractivity contribution in [3.8, 4) is 5.75 Å². The Morgan fingerprint density at radius 2 is 1.81 bits per heavy atom. The van der Waals surface area contributed by atoms with Gasteiger partial charge in [0.05, 0.1) is 12.0 Å². The molecule has 0 atom stereocenters. The van der Waals surface area contributed by atoms with Crippen LogP contribution in [0.15, 0.2) is 48.5 Å². The summed E-state index contributed by atoms with van der Waals surface area (Å²) in [5.74, 6) is 0.514. The molecule has 0 fully saturated rings. The molecule has 0 saturated heterocycles. The van der Waals surface area contributed by atoms with Crippen LogP contribution in [0, 0.1) is 0 Å². The Bertz CT molecular complexity index is 830. The maximum atomic E-state index is 12.8. The first kappa shape index (κ1) is 18.0. The van der Waals surface area contributed by atoms with Crippen LogP contribution in [0.2, 0.25) is 0 Å². The minimum atomic E-state index is -0.613. The molecule has 5 nitrogen and oxygen atoms in total. The van der Waals surface area contributed by atoms with Crippen LogP contribution in [-0.4, -0.2) is 25.0 Å². The number of para-hydroxylation sites is 2. The van der Waals surface area contributed by atoms with Gasteiger partial charge in [-0.3, -0.25) is 9.59 Å². The van der Waals surface area contributed by atoms with Crippen molar-refractivity contribution in [3.63, 3.8) is 0 Å². The van der Waals surface area contributed by atoms with Crippen LogP contribution < -0.4 is 15.0 Å². The number of fused-ring (bicyclic) bond motifs is 1. The van der Waals surface area contributed by atoms with Gasteiger partial charge in [0, 0.05) is 17.8 Å². The SMILES string of the molecule is CCOc1ccccc1CNC(=O)CN1C(=O)C(C)(C)c2ccccc21. The average molecular weight is 352 g/mol. The van der Waals surface area contributed by atoms with E-state index in [1.807, 2.05) is 69.3 Å². The molecule has 3 rings (SSSR count). The Morgan fingerprint density at radius 3 is 2.58 bits per heavy atom. The van der Waals surface area contributed by atoms with E-state index in [1.165, 1.54) is 0 Å². The van der Waals surface area contributed by atoms with E-state index in [1.54, 1.807) is 4.90 Å². The predicted octanol–water partition coefficient (Wildman–Crippen LogP) is 3.03. The number of ether oxygens (including phenoxy) is 1. The normalized spacial score (nSPS) is 14.9. The number of hydrogen-bond acceptors (Lipinski definition) is 3. The van der Waals surface area contributed by atoms with E-state index in [-0.39, 0.29) is 18.4 Å². The van der Waals surface area contributed by atoms with Gasteiger partial charge in [-0.2, -0.15) is 0 Å². The van der Waals surface area contributed by atoms with Crippen molar-refractivity contribution < 1.29 is 14.3 Å². The molecule has 136 valence electrons. The zero-order valence-electron chi connectivity index (χ0n) is 15.4. The molecular weight excluding hydrogens is 328 g/mol. The summed E-state index contributed by atoms with van der Waals surface area (Å²) < 4.78 is 5.58. The molecule has 1 aliphatic rings. The molecule has 1 N–H and O–H groups in total. The maximum absolute atomic E-state index is 12.8. The minimum absolute atomic E-state index is 0.01000. The monoisotopic (exact) mass is 352 g/mol. The number of carbonyl (C=O) groups is 2. The Hall–Kier alpha value is -2.82. The molecule has 0 aromatic heterocycles. The first-order chi connectivity index (χ1) is 12.4. The fourth-order valence-electron chi connectivity index (χ4n) is 3.30. The van der Waals surface area contributed by atoms with E-state index in [0.29, 0.717) is 13.2 Å². The van der Waals surface area contributed by atoms with E-state index in [9.17, 15) is 9.59 Å². The van der Waals surface area contributed by atoms with Gasteiger partial charge in [0.15, 0.2) is 0 Å². The first-order valence-corrected chi connectivity index (χ1v) is 8.84. The van der Waals surface area contributed by atoms with Crippen LogP contribution in [0.1, 0.15) is 31.9 Å². The molecule has 0 aliphatic carbocycles. The average Bonchev–Trinajstić information content (AvgIpc) is 2.82. The lowest BCUT2D eigenvalue weighted by molar-refractivity contribution is -0.125. The Kier molecular flexibility index (Phi) is 4.98. The summed E-state index contributed by atoms with van der Waals surface area (Å²) in [5, 5.41) is 2.89. The van der Waals surface area contributed by atoms with Crippen molar-refractivity contribution in [2.75, 3.05) is 18.1 Å². The molecule has 1 heterocycles. The van der Waals surface area contributed by atoms with Gasteiger partial charge in [-0.15, -0.1) is 0 Å². The first-order valence-electron chi connectivity index (χ1n) is 8.84. The zero-order chi connectivity index (χ0) is 18.7. The lowest BCUT2D eigenvalue weighted by atomic mass is 9.86. The van der Waals surface area contributed by atoms with E-state index < -0.39 is 5.41 Å². The fraction of sp³-hybridized carbons (Fsp3) is 0.333. The van der Waals surface area contributed by atoms with Crippen LogP contribution in [0.3, 0.4) is 0 Å². The van der Waals surface area contributed by atoms with Crippen molar-refractivity contribution in [2.45, 2.75) is 32.7 Å². The maximum Gasteiger partial charge on any atom is 0.240 e. The molecule has 0 saturated carbocycles. The summed E-state index contributed by atoms with van der Waals surface area (Å²) in [7, 11) is 0. The highest BCUT2D eigenvalue weighted by Gasteiger charge is 2.44. The number of hydrogen-bond donors (Lipinski definition) is 1. The molecule has 2 aromatic carbocycles. The molecule has 0 bridgehead atoms. The van der Waals surface area contributed by atoms with Gasteiger partial charge in [0.2, 0.25) is 11.8 Å². The van der Waals surface area contributed by atoms with Crippen LogP contribution in [-0.2, 0) is 21.5 Å². The number of amides is 2. The molecule has 2 amide bonds. The number of anilines is 1. The highest BCUT2D eigenvalue weighted by molar-refractivity contribution is 6.10. The smallest absolute Gasteiger partial charge is 0.240 e. The van der Waals surface area contributed by atoms with E-state index in [0.717, 1.165) is 22.6 Å². The predicted molar refractivity (Wildman–Crippen MR) is 101 cm³/mol. The number of carbonyl (C=O) groups excluding carboxylic acids is 2. The summed E-state index contributed by atoms with van der Waals surface area (Å²) in [6.45, 7) is 6.65. The lowest BCUT2D eigenvalue weighted by Gasteiger charge is -2.20. The van der Waals surface area contributed by atoms with E-state index in [2.05, 4.69) is 5.32 Å². The van der Waals surface area contributed by atoms with Crippen LogP contribution >= 0.6 is 0 Å². The van der Waals surface area contributed by atoms with Gasteiger partial charge in [-0.05, 0) is 38.5 Å². The van der Waals surface area contributed by atoms with E-state index >= 15 is 0 Å². The van der Waals surface area contributed by atoms with Gasteiger partial charge in [0.1, 0.15) is 12.3 Å². The van der Waals surface area contributed by atoms with Gasteiger partial charge in [-0.1, -0.05) is 36.4 Å². The topological polar surface area (TPSA) is 58.6 Å². The molecule has 0 unspecified atom stereocenters. The molecular formula is C21H24N2O3. The molecule has 0 radical (unpaired) electrons. The van der Waals surface area contributed by atoms with Crippen LogP contribution in [0.25, 0.3) is 0 Å². The summed E-state index contributed by atoms with van der Waals surface area (Å²) in [6, 6.07) is 15.3. The third-order valence-electron chi connectivity index (χ3n) is 4.70. The minimum Gasteiger partial charge on any atom is -0.494 e. The number of benzene rings is 2. The fourth-order valence-corrected chi connectivity index (χ4v) is 3.30. The summed E-state index contributed by atoms with van der Waals surface area (Å²) >= 11 is 0. The summed E-state index contributed by atoms with van der Waals surface area (Å²) in [6.07, 6.45) is 0. The summed E-state index contributed by atoms with van der Waals surface area (Å²) in [5.41, 5.74) is 2.07. The number of nitrogens with zero attached hydrogens (tertiary/aromatic N) is 1. The van der Waals surface area contributed by atoms with Gasteiger partial charge < -0.3 is 15.0 Å². The number of rotatable bonds is 6. The van der Waals surface area contributed by atoms with Crippen LogP contribution in [0.5, 0.6) is 5.75 Å². The molecule has 2 aromatic rings. The van der Waals surface area contributed by atoms with Crippen molar-refractivity contribution >= 4 is 17.5 Å². The zero-order valence-corrected chi connectivity index (χ0v) is 15.4. The van der Waals surface area contributed by atoms with Crippen molar-refractivity contribution in [2.24, 2.45) is 0 Å². The second kappa shape index (κ2) is 7.20. The van der Waals surface area contributed by atoms with Gasteiger partial charge in [0.25, 0.3) is 0 Å². The standard InChI is InChI=1S/C21H24N2O3/c1-4-26-18-12-8-5-9-15(18)13-22-19(24)14-23-17-11-7-6-10-16(17)21(2,3)20(23)25/h5-12H,4,13-14H2,1-3H3,(H,22,24). The van der Waals surface area contributed by atoms with Gasteiger partial charge >= 0.3 is 0 Å². The Morgan fingerprint density at radius 1 is 1.12 bits per heavy atom. The highest BCUT2D eigenvalue weighted by Crippen LogP contribution is 2.40. The number of nitrogens with one attached hydrogen (secondary N) is 1. The third-order valence-corrected chi connectivity index (χ3v) is 4.70. The van der Waals surface area contributed by atoms with Crippen molar-refractivity contribution in [1.82, 2.24) is 5.32 Å². The second-order valence-corrected chi connectivity index (χ2v) is 6.85. The Labute approximate surface area is 154 Å². The van der Waals surface area contributed by atoms with Crippen molar-refractivity contribution in [1.29, 1.82) is 0 Å². The molecule has 26 heavy (non-hydrogen) atoms. The lowest BCUT2D eigenvalue weighted by Crippen LogP contribution is -2.42. The molecule has 5 heteroatoms. The largest absolute Gasteiger partial charge is 0.494 e. The van der Waals surface area contributed by atoms with Crippen LogP contribution in [0.4, 0.5) is 5.69 Å². The Balaban J connectivity index is 1.69. The second-order valence-electron chi connectivity index (χ2n) is 6.85. The highest BCUT2D eigenvalue weighted by atomic mass is 16.5. The van der Waals surface area contributed by atoms with Gasteiger partial charge in [-0.25, -0.2) is 0 Å². The third kappa shape index (κ3) is 3.29. The molecule has 1 aliphatic heterocycles.